The van der Waals surface area contributed by atoms with E-state index >= 15 is 0 Å². The van der Waals surface area contributed by atoms with Crippen LogP contribution in [-0.2, 0) is 6.54 Å². The van der Waals surface area contributed by atoms with Crippen LogP contribution in [0, 0.1) is 12.8 Å². The lowest BCUT2D eigenvalue weighted by molar-refractivity contribution is 0.0997. The number of carbonyl (C=O) groups excluding carboxylic acids is 1. The van der Waals surface area contributed by atoms with Crippen LogP contribution in [0.3, 0.4) is 0 Å². The molecule has 1 amide bonds. The Labute approximate surface area is 89.5 Å². The van der Waals surface area contributed by atoms with Gasteiger partial charge in [-0.25, -0.2) is 4.98 Å². The summed E-state index contributed by atoms with van der Waals surface area (Å²) in [7, 11) is 0. The van der Waals surface area contributed by atoms with Gasteiger partial charge in [0, 0.05) is 6.54 Å². The van der Waals surface area contributed by atoms with Gasteiger partial charge in [-0.1, -0.05) is 13.8 Å². The number of aryl methyl sites for hydroxylation is 1. The highest BCUT2D eigenvalue weighted by Gasteiger charge is 2.15. The van der Waals surface area contributed by atoms with Crippen molar-refractivity contribution in [1.82, 2.24) is 9.55 Å². The van der Waals surface area contributed by atoms with Crippen LogP contribution in [0.15, 0.2) is 0 Å². The molecular weight excluding hydrogens is 192 g/mol. The highest BCUT2D eigenvalue weighted by molar-refractivity contribution is 5.95. The standard InChI is InChI=1S/C10H18N4O/c1-6(2)4-5-14-7(3)13-8(9(14)11)10(12)15/h6H,4-5,11H2,1-3H3,(H2,12,15). The Bertz CT molecular complexity index is 368. The summed E-state index contributed by atoms with van der Waals surface area (Å²) in [5, 5.41) is 0. The summed E-state index contributed by atoms with van der Waals surface area (Å²) in [5.74, 6) is 1.13. The van der Waals surface area contributed by atoms with Gasteiger partial charge in [-0.05, 0) is 19.3 Å². The van der Waals surface area contributed by atoms with Crippen LogP contribution < -0.4 is 11.5 Å². The number of hydrogen-bond donors (Lipinski definition) is 2. The molecule has 0 saturated heterocycles. The lowest BCUT2D eigenvalue weighted by Crippen LogP contribution is -2.15. The molecule has 0 aliphatic carbocycles. The molecule has 0 aliphatic heterocycles. The Morgan fingerprint density at radius 2 is 2.13 bits per heavy atom. The summed E-state index contributed by atoms with van der Waals surface area (Å²) in [6, 6.07) is 0. The Morgan fingerprint density at radius 3 is 2.53 bits per heavy atom. The van der Waals surface area contributed by atoms with Crippen molar-refractivity contribution in [1.29, 1.82) is 0 Å². The number of nitrogens with two attached hydrogens (primary N) is 2. The maximum atomic E-state index is 11.0. The molecule has 1 aromatic heterocycles. The number of hydrogen-bond acceptors (Lipinski definition) is 3. The van der Waals surface area contributed by atoms with E-state index in [0.29, 0.717) is 11.7 Å². The quantitative estimate of drug-likeness (QED) is 0.774. The number of imidazole rings is 1. The largest absolute Gasteiger partial charge is 0.383 e. The molecule has 0 fully saturated rings. The van der Waals surface area contributed by atoms with E-state index < -0.39 is 5.91 Å². The van der Waals surface area contributed by atoms with Gasteiger partial charge in [-0.3, -0.25) is 4.79 Å². The van der Waals surface area contributed by atoms with E-state index in [4.69, 9.17) is 11.5 Å². The number of primary amides is 1. The second-order valence-corrected chi connectivity index (χ2v) is 4.09. The fourth-order valence-corrected chi connectivity index (χ4v) is 1.43. The van der Waals surface area contributed by atoms with Crippen molar-refractivity contribution in [3.05, 3.63) is 11.5 Å². The predicted molar refractivity (Wildman–Crippen MR) is 59.3 cm³/mol. The molecule has 0 atom stereocenters. The van der Waals surface area contributed by atoms with Gasteiger partial charge in [-0.2, -0.15) is 0 Å². The summed E-state index contributed by atoms with van der Waals surface area (Å²) in [5.41, 5.74) is 11.1. The molecule has 0 saturated carbocycles. The van der Waals surface area contributed by atoms with Crippen molar-refractivity contribution in [3.8, 4) is 0 Å². The first-order valence-electron chi connectivity index (χ1n) is 5.06. The lowest BCUT2D eigenvalue weighted by atomic mass is 10.1. The molecule has 1 rings (SSSR count). The van der Waals surface area contributed by atoms with Gasteiger partial charge in [-0.15, -0.1) is 0 Å². The third kappa shape index (κ3) is 2.49. The number of carbonyl (C=O) groups is 1. The molecule has 0 unspecified atom stereocenters. The van der Waals surface area contributed by atoms with Crippen LogP contribution in [0.1, 0.15) is 36.6 Å². The Balaban J connectivity index is 2.93. The third-order valence-corrected chi connectivity index (χ3v) is 2.36. The number of aromatic nitrogens is 2. The van der Waals surface area contributed by atoms with Crippen molar-refractivity contribution in [2.24, 2.45) is 11.7 Å². The second-order valence-electron chi connectivity index (χ2n) is 4.09. The maximum Gasteiger partial charge on any atom is 0.271 e. The minimum atomic E-state index is -0.570. The summed E-state index contributed by atoms with van der Waals surface area (Å²) in [6.07, 6.45) is 1.000. The highest BCUT2D eigenvalue weighted by Crippen LogP contribution is 2.15. The zero-order valence-electron chi connectivity index (χ0n) is 9.45. The van der Waals surface area contributed by atoms with Crippen LogP contribution in [0.5, 0.6) is 0 Å². The minimum Gasteiger partial charge on any atom is -0.383 e. The molecule has 0 bridgehead atoms. The van der Waals surface area contributed by atoms with E-state index in [9.17, 15) is 4.79 Å². The first kappa shape index (κ1) is 11.6. The fraction of sp³-hybridized carbons (Fsp3) is 0.600. The smallest absolute Gasteiger partial charge is 0.271 e. The molecule has 4 N–H and O–H groups in total. The molecule has 1 aromatic rings. The summed E-state index contributed by atoms with van der Waals surface area (Å²) in [4.78, 5) is 15.0. The Kier molecular flexibility index (Phi) is 3.34. The SMILES string of the molecule is Cc1nc(C(N)=O)c(N)n1CCC(C)C. The molecule has 5 heteroatoms. The minimum absolute atomic E-state index is 0.177. The van der Waals surface area contributed by atoms with Gasteiger partial charge in [0.1, 0.15) is 11.6 Å². The lowest BCUT2D eigenvalue weighted by Gasteiger charge is -2.09. The van der Waals surface area contributed by atoms with Crippen LogP contribution >= 0.6 is 0 Å². The van der Waals surface area contributed by atoms with E-state index in [1.165, 1.54) is 0 Å². The molecule has 15 heavy (non-hydrogen) atoms. The van der Waals surface area contributed by atoms with Crippen LogP contribution in [-0.4, -0.2) is 15.5 Å². The molecule has 0 radical (unpaired) electrons. The first-order chi connectivity index (χ1) is 6.93. The van der Waals surface area contributed by atoms with Crippen molar-refractivity contribution in [3.63, 3.8) is 0 Å². The zero-order valence-corrected chi connectivity index (χ0v) is 9.45. The van der Waals surface area contributed by atoms with Gasteiger partial charge in [0.15, 0.2) is 5.69 Å². The van der Waals surface area contributed by atoms with E-state index in [2.05, 4.69) is 18.8 Å². The molecule has 5 nitrogen and oxygen atoms in total. The van der Waals surface area contributed by atoms with Crippen molar-refractivity contribution < 1.29 is 4.79 Å². The van der Waals surface area contributed by atoms with Gasteiger partial charge >= 0.3 is 0 Å². The number of rotatable bonds is 4. The number of amides is 1. The van der Waals surface area contributed by atoms with Crippen molar-refractivity contribution >= 4 is 11.7 Å². The Morgan fingerprint density at radius 1 is 1.53 bits per heavy atom. The van der Waals surface area contributed by atoms with Crippen molar-refractivity contribution in [2.75, 3.05) is 5.73 Å². The predicted octanol–water partition coefficient (Wildman–Crippen LogP) is 0.919. The molecule has 0 aliphatic rings. The third-order valence-electron chi connectivity index (χ3n) is 2.36. The van der Waals surface area contributed by atoms with E-state index in [-0.39, 0.29) is 5.69 Å². The fourth-order valence-electron chi connectivity index (χ4n) is 1.43. The van der Waals surface area contributed by atoms with Gasteiger partial charge in [0.25, 0.3) is 5.91 Å². The molecule has 1 heterocycles. The number of anilines is 1. The molecule has 0 spiro atoms. The highest BCUT2D eigenvalue weighted by atomic mass is 16.1. The average molecular weight is 210 g/mol. The van der Waals surface area contributed by atoms with E-state index in [0.717, 1.165) is 18.8 Å². The van der Waals surface area contributed by atoms with Gasteiger partial charge in [0.05, 0.1) is 0 Å². The zero-order chi connectivity index (χ0) is 11.6. The average Bonchev–Trinajstić information content (AvgIpc) is 2.39. The monoisotopic (exact) mass is 210 g/mol. The van der Waals surface area contributed by atoms with Gasteiger partial charge < -0.3 is 16.0 Å². The summed E-state index contributed by atoms with van der Waals surface area (Å²) in [6.45, 7) is 6.87. The Hall–Kier alpha value is -1.52. The normalized spacial score (nSPS) is 10.9. The molecule has 84 valence electrons. The summed E-state index contributed by atoms with van der Waals surface area (Å²) >= 11 is 0. The number of nitrogens with zero attached hydrogens (tertiary/aromatic N) is 2. The topological polar surface area (TPSA) is 86.9 Å². The van der Waals surface area contributed by atoms with Crippen molar-refractivity contribution in [2.45, 2.75) is 33.7 Å². The van der Waals surface area contributed by atoms with Crippen LogP contribution in [0.25, 0.3) is 0 Å². The second kappa shape index (κ2) is 4.33. The van der Waals surface area contributed by atoms with Crippen LogP contribution in [0.4, 0.5) is 5.82 Å². The molecular formula is C10H18N4O. The van der Waals surface area contributed by atoms with E-state index in [1.807, 2.05) is 11.5 Å². The molecule has 0 aromatic carbocycles. The van der Waals surface area contributed by atoms with Gasteiger partial charge in [0.2, 0.25) is 0 Å². The first-order valence-corrected chi connectivity index (χ1v) is 5.06. The number of nitrogen functional groups attached to an aromatic ring is 1. The van der Waals surface area contributed by atoms with Crippen LogP contribution in [0.2, 0.25) is 0 Å². The maximum absolute atomic E-state index is 11.0. The summed E-state index contributed by atoms with van der Waals surface area (Å²) < 4.78 is 1.83. The van der Waals surface area contributed by atoms with E-state index in [1.54, 1.807) is 0 Å².